The molecule has 0 aliphatic carbocycles. The van der Waals surface area contributed by atoms with E-state index in [1.54, 1.807) is 0 Å². The zero-order chi connectivity index (χ0) is 11.7. The molecule has 0 radical (unpaired) electrons. The number of nitrogens with zero attached hydrogens (tertiary/aromatic N) is 2. The third-order valence-corrected chi connectivity index (χ3v) is 3.33. The molecule has 3 heteroatoms. The summed E-state index contributed by atoms with van der Waals surface area (Å²) in [5, 5.41) is 0.751. The summed E-state index contributed by atoms with van der Waals surface area (Å²) in [5.74, 6) is 1.74. The average Bonchev–Trinajstić information content (AvgIpc) is 2.54. The van der Waals surface area contributed by atoms with Gasteiger partial charge < -0.3 is 4.57 Å². The van der Waals surface area contributed by atoms with Crippen LogP contribution in [0, 0.1) is 12.8 Å². The van der Waals surface area contributed by atoms with Crippen LogP contribution in [-0.4, -0.2) is 9.55 Å². The summed E-state index contributed by atoms with van der Waals surface area (Å²) in [6.45, 7) is 7.56. The van der Waals surface area contributed by atoms with Crippen molar-refractivity contribution in [2.24, 2.45) is 5.92 Å². The summed E-state index contributed by atoms with van der Waals surface area (Å²) in [6.07, 6.45) is 1.19. The van der Waals surface area contributed by atoms with Gasteiger partial charge in [-0.2, -0.15) is 0 Å². The van der Waals surface area contributed by atoms with Gasteiger partial charge in [0.15, 0.2) is 0 Å². The van der Waals surface area contributed by atoms with E-state index < -0.39 is 0 Å². The lowest BCUT2D eigenvalue weighted by Crippen LogP contribution is -2.08. The van der Waals surface area contributed by atoms with E-state index in [0.29, 0.717) is 5.92 Å². The molecule has 1 aromatic carbocycles. The Kier molecular flexibility index (Phi) is 3.20. The SMILES string of the molecule is CCC(C)Cn1c(C)nc2cc(Cl)ccc21. The number of halogens is 1. The highest BCUT2D eigenvalue weighted by Gasteiger charge is 2.09. The minimum Gasteiger partial charge on any atom is -0.328 e. The molecule has 86 valence electrons. The molecule has 1 aromatic heterocycles. The van der Waals surface area contributed by atoms with Gasteiger partial charge >= 0.3 is 0 Å². The molecule has 0 aliphatic heterocycles. The van der Waals surface area contributed by atoms with Gasteiger partial charge in [0.25, 0.3) is 0 Å². The zero-order valence-electron chi connectivity index (χ0n) is 10.00. The Morgan fingerprint density at radius 1 is 1.44 bits per heavy atom. The normalized spacial score (nSPS) is 13.2. The number of rotatable bonds is 3. The van der Waals surface area contributed by atoms with E-state index in [2.05, 4.69) is 36.4 Å². The minimum absolute atomic E-state index is 0.673. The highest BCUT2D eigenvalue weighted by molar-refractivity contribution is 6.31. The molecule has 0 N–H and O–H groups in total. The van der Waals surface area contributed by atoms with Crippen LogP contribution in [-0.2, 0) is 6.54 Å². The van der Waals surface area contributed by atoms with E-state index in [-0.39, 0.29) is 0 Å². The first-order valence-corrected chi connectivity index (χ1v) is 6.12. The molecule has 2 nitrogen and oxygen atoms in total. The van der Waals surface area contributed by atoms with E-state index in [9.17, 15) is 0 Å². The van der Waals surface area contributed by atoms with Crippen molar-refractivity contribution in [1.82, 2.24) is 9.55 Å². The minimum atomic E-state index is 0.673. The van der Waals surface area contributed by atoms with Gasteiger partial charge in [-0.3, -0.25) is 0 Å². The quantitative estimate of drug-likeness (QED) is 0.786. The number of imidazole rings is 1. The molecule has 0 amide bonds. The van der Waals surface area contributed by atoms with Gasteiger partial charge in [0, 0.05) is 11.6 Å². The maximum absolute atomic E-state index is 5.96. The molecule has 0 saturated heterocycles. The predicted molar refractivity (Wildman–Crippen MR) is 68.9 cm³/mol. The van der Waals surface area contributed by atoms with Crippen LogP contribution in [0.4, 0.5) is 0 Å². The molecule has 16 heavy (non-hydrogen) atoms. The second kappa shape index (κ2) is 4.46. The molecule has 0 saturated carbocycles. The average molecular weight is 237 g/mol. The summed E-state index contributed by atoms with van der Waals surface area (Å²) in [6, 6.07) is 5.91. The molecular weight excluding hydrogens is 220 g/mol. The number of hydrogen-bond acceptors (Lipinski definition) is 1. The predicted octanol–water partition coefficient (Wildman–Crippen LogP) is 4.04. The molecule has 1 heterocycles. The smallest absolute Gasteiger partial charge is 0.106 e. The maximum atomic E-state index is 5.96. The highest BCUT2D eigenvalue weighted by atomic mass is 35.5. The van der Waals surface area contributed by atoms with Crippen molar-refractivity contribution >= 4 is 22.6 Å². The molecule has 2 aromatic rings. The van der Waals surface area contributed by atoms with Gasteiger partial charge in [0.05, 0.1) is 11.0 Å². The standard InChI is InChI=1S/C13H17ClN2/c1-4-9(2)8-16-10(3)15-12-7-11(14)5-6-13(12)16/h5-7,9H,4,8H2,1-3H3. The van der Waals surface area contributed by atoms with Crippen LogP contribution >= 0.6 is 11.6 Å². The van der Waals surface area contributed by atoms with Gasteiger partial charge in [-0.1, -0.05) is 31.9 Å². The fourth-order valence-electron chi connectivity index (χ4n) is 1.89. The molecule has 1 unspecified atom stereocenters. The Morgan fingerprint density at radius 3 is 2.88 bits per heavy atom. The Morgan fingerprint density at radius 2 is 2.19 bits per heavy atom. The van der Waals surface area contributed by atoms with E-state index in [1.807, 2.05) is 12.1 Å². The van der Waals surface area contributed by atoms with Crippen molar-refractivity contribution < 1.29 is 0 Å². The largest absolute Gasteiger partial charge is 0.328 e. The van der Waals surface area contributed by atoms with Crippen molar-refractivity contribution in [1.29, 1.82) is 0 Å². The van der Waals surface area contributed by atoms with Gasteiger partial charge in [-0.25, -0.2) is 4.98 Å². The first-order chi connectivity index (χ1) is 7.61. The van der Waals surface area contributed by atoms with Crippen LogP contribution in [0.5, 0.6) is 0 Å². The second-order valence-corrected chi connectivity index (χ2v) is 4.85. The van der Waals surface area contributed by atoms with Gasteiger partial charge in [0.2, 0.25) is 0 Å². The van der Waals surface area contributed by atoms with Crippen LogP contribution < -0.4 is 0 Å². The van der Waals surface area contributed by atoms with Gasteiger partial charge in [-0.15, -0.1) is 0 Å². The number of hydrogen-bond donors (Lipinski definition) is 0. The third-order valence-electron chi connectivity index (χ3n) is 3.09. The molecule has 2 rings (SSSR count). The lowest BCUT2D eigenvalue weighted by atomic mass is 10.1. The number of benzene rings is 1. The fourth-order valence-corrected chi connectivity index (χ4v) is 2.06. The second-order valence-electron chi connectivity index (χ2n) is 4.42. The van der Waals surface area contributed by atoms with E-state index >= 15 is 0 Å². The molecule has 0 aliphatic rings. The fraction of sp³-hybridized carbons (Fsp3) is 0.462. The summed E-state index contributed by atoms with van der Waals surface area (Å²) >= 11 is 5.96. The maximum Gasteiger partial charge on any atom is 0.106 e. The molecule has 0 bridgehead atoms. The third kappa shape index (κ3) is 2.07. The Balaban J connectivity index is 2.47. The van der Waals surface area contributed by atoms with Crippen molar-refractivity contribution in [2.75, 3.05) is 0 Å². The summed E-state index contributed by atoms with van der Waals surface area (Å²) in [5.41, 5.74) is 2.18. The molecule has 1 atom stereocenters. The van der Waals surface area contributed by atoms with E-state index in [1.165, 1.54) is 11.9 Å². The first-order valence-electron chi connectivity index (χ1n) is 5.74. The Bertz CT molecular complexity index is 502. The van der Waals surface area contributed by atoms with Crippen LogP contribution in [0.3, 0.4) is 0 Å². The van der Waals surface area contributed by atoms with Crippen LogP contribution in [0.15, 0.2) is 18.2 Å². The molecular formula is C13H17ClN2. The van der Waals surface area contributed by atoms with Gasteiger partial charge in [0.1, 0.15) is 5.82 Å². The number of fused-ring (bicyclic) bond motifs is 1. The number of aromatic nitrogens is 2. The topological polar surface area (TPSA) is 17.8 Å². The Labute approximate surface area is 101 Å². The first kappa shape index (κ1) is 11.5. The summed E-state index contributed by atoms with van der Waals surface area (Å²) in [7, 11) is 0. The lowest BCUT2D eigenvalue weighted by Gasteiger charge is -2.12. The van der Waals surface area contributed by atoms with E-state index in [0.717, 1.165) is 22.9 Å². The highest BCUT2D eigenvalue weighted by Crippen LogP contribution is 2.21. The van der Waals surface area contributed by atoms with Crippen molar-refractivity contribution in [3.8, 4) is 0 Å². The van der Waals surface area contributed by atoms with Crippen LogP contribution in [0.25, 0.3) is 11.0 Å². The zero-order valence-corrected chi connectivity index (χ0v) is 10.8. The lowest BCUT2D eigenvalue weighted by molar-refractivity contribution is 0.470. The summed E-state index contributed by atoms with van der Waals surface area (Å²) < 4.78 is 2.28. The van der Waals surface area contributed by atoms with Crippen molar-refractivity contribution in [3.05, 3.63) is 29.0 Å². The van der Waals surface area contributed by atoms with Crippen molar-refractivity contribution in [3.63, 3.8) is 0 Å². The number of aryl methyl sites for hydroxylation is 1. The Hall–Kier alpha value is -1.02. The van der Waals surface area contributed by atoms with Gasteiger partial charge in [-0.05, 0) is 31.0 Å². The monoisotopic (exact) mass is 236 g/mol. The molecule has 0 fully saturated rings. The van der Waals surface area contributed by atoms with Crippen molar-refractivity contribution in [2.45, 2.75) is 33.7 Å². The molecule has 0 spiro atoms. The van der Waals surface area contributed by atoms with E-state index in [4.69, 9.17) is 11.6 Å². The van der Waals surface area contributed by atoms with Crippen LogP contribution in [0.1, 0.15) is 26.1 Å². The van der Waals surface area contributed by atoms with Crippen LogP contribution in [0.2, 0.25) is 5.02 Å². The summed E-state index contributed by atoms with van der Waals surface area (Å²) in [4.78, 5) is 4.54.